The van der Waals surface area contributed by atoms with Crippen LogP contribution in [0.2, 0.25) is 0 Å². The highest BCUT2D eigenvalue weighted by Gasteiger charge is 2.08. The Morgan fingerprint density at radius 1 is 1.47 bits per heavy atom. The zero-order chi connectivity index (χ0) is 12.3. The second kappa shape index (κ2) is 5.14. The summed E-state index contributed by atoms with van der Waals surface area (Å²) in [5.41, 5.74) is 6.73. The van der Waals surface area contributed by atoms with Gasteiger partial charge in [-0.05, 0) is 19.1 Å². The lowest BCUT2D eigenvalue weighted by atomic mass is 10.3. The first-order valence-electron chi connectivity index (χ1n) is 5.38. The van der Waals surface area contributed by atoms with E-state index in [-0.39, 0.29) is 0 Å². The summed E-state index contributed by atoms with van der Waals surface area (Å²) in [6, 6.07) is 5.81. The highest BCUT2D eigenvalue weighted by Crippen LogP contribution is 2.36. The molecule has 2 aromatic rings. The van der Waals surface area contributed by atoms with Gasteiger partial charge in [-0.15, -0.1) is 0 Å². The van der Waals surface area contributed by atoms with Gasteiger partial charge in [-0.3, -0.25) is 4.68 Å². The van der Waals surface area contributed by atoms with Crippen molar-refractivity contribution in [2.45, 2.75) is 16.7 Å². The van der Waals surface area contributed by atoms with E-state index in [0.717, 1.165) is 15.5 Å². The Bertz CT molecular complexity index is 510. The van der Waals surface area contributed by atoms with Gasteiger partial charge in [0.2, 0.25) is 0 Å². The molecule has 2 rings (SSSR count). The fraction of sp³-hybridized carbons (Fsp3) is 0.250. The van der Waals surface area contributed by atoms with Crippen LogP contribution in [0.1, 0.15) is 6.92 Å². The second-order valence-electron chi connectivity index (χ2n) is 3.55. The molecule has 0 radical (unpaired) electrons. The topological polar surface area (TPSA) is 53.1 Å². The highest BCUT2D eigenvalue weighted by molar-refractivity contribution is 7.99. The summed E-state index contributed by atoms with van der Waals surface area (Å²) >= 11 is 1.59. The molecule has 90 valence electrons. The summed E-state index contributed by atoms with van der Waals surface area (Å²) in [5, 5.41) is 4.12. The molecule has 0 bridgehead atoms. The average Bonchev–Trinajstić information content (AvgIpc) is 2.70. The number of nitrogens with zero attached hydrogens (tertiary/aromatic N) is 2. The van der Waals surface area contributed by atoms with Gasteiger partial charge in [-0.2, -0.15) is 5.10 Å². The number of aryl methyl sites for hydroxylation is 1. The van der Waals surface area contributed by atoms with Crippen LogP contribution >= 0.6 is 11.8 Å². The molecule has 1 heterocycles. The predicted octanol–water partition coefficient (Wildman–Crippen LogP) is 2.55. The zero-order valence-electron chi connectivity index (χ0n) is 9.88. The Hall–Kier alpha value is -1.62. The van der Waals surface area contributed by atoms with Crippen molar-refractivity contribution in [1.82, 2.24) is 9.78 Å². The van der Waals surface area contributed by atoms with Crippen molar-refractivity contribution >= 4 is 17.4 Å². The Labute approximate surface area is 105 Å². The molecule has 0 aliphatic carbocycles. The molecular weight excluding hydrogens is 234 g/mol. The van der Waals surface area contributed by atoms with Crippen molar-refractivity contribution in [1.29, 1.82) is 0 Å². The summed E-state index contributed by atoms with van der Waals surface area (Å²) < 4.78 is 7.23. The molecule has 1 aromatic carbocycles. The lowest BCUT2D eigenvalue weighted by Crippen LogP contribution is -1.97. The molecule has 2 N–H and O–H groups in total. The van der Waals surface area contributed by atoms with E-state index in [2.05, 4.69) is 5.10 Å². The highest BCUT2D eigenvalue weighted by atomic mass is 32.2. The minimum Gasteiger partial charge on any atom is -0.492 e. The first kappa shape index (κ1) is 11.9. The van der Waals surface area contributed by atoms with Crippen LogP contribution in [0, 0.1) is 0 Å². The summed E-state index contributed by atoms with van der Waals surface area (Å²) in [4.78, 5) is 2.05. The maximum Gasteiger partial charge on any atom is 0.143 e. The number of benzene rings is 1. The molecule has 4 nitrogen and oxygen atoms in total. The molecule has 0 unspecified atom stereocenters. The lowest BCUT2D eigenvalue weighted by Gasteiger charge is -2.09. The molecule has 0 aliphatic heterocycles. The predicted molar refractivity (Wildman–Crippen MR) is 69.4 cm³/mol. The number of anilines is 1. The molecule has 0 fully saturated rings. The average molecular weight is 249 g/mol. The Kier molecular flexibility index (Phi) is 3.58. The van der Waals surface area contributed by atoms with E-state index in [1.807, 2.05) is 44.6 Å². The SMILES string of the molecule is CCOc1cccc(Sc2cnn(C)c2)c1N. The maximum atomic E-state index is 6.05. The molecule has 17 heavy (non-hydrogen) atoms. The summed E-state index contributed by atoms with van der Waals surface area (Å²) in [6.45, 7) is 2.56. The minimum absolute atomic E-state index is 0.616. The van der Waals surface area contributed by atoms with Crippen LogP contribution in [0.5, 0.6) is 5.75 Å². The Morgan fingerprint density at radius 2 is 2.29 bits per heavy atom. The number of hydrogen-bond donors (Lipinski definition) is 1. The van der Waals surface area contributed by atoms with Gasteiger partial charge < -0.3 is 10.5 Å². The van der Waals surface area contributed by atoms with Gasteiger partial charge in [-0.1, -0.05) is 17.8 Å². The molecule has 0 amide bonds. The molecule has 0 atom stereocenters. The third-order valence-electron chi connectivity index (χ3n) is 2.23. The van der Waals surface area contributed by atoms with E-state index in [9.17, 15) is 0 Å². The molecule has 5 heteroatoms. The Morgan fingerprint density at radius 3 is 2.94 bits per heavy atom. The van der Waals surface area contributed by atoms with E-state index in [0.29, 0.717) is 12.3 Å². The van der Waals surface area contributed by atoms with Crippen LogP contribution in [0.4, 0.5) is 5.69 Å². The fourth-order valence-electron chi connectivity index (χ4n) is 1.47. The first-order chi connectivity index (χ1) is 8.20. The van der Waals surface area contributed by atoms with Crippen LogP contribution in [-0.2, 0) is 7.05 Å². The number of nitrogen functional groups attached to an aromatic ring is 1. The third-order valence-corrected chi connectivity index (χ3v) is 3.26. The smallest absolute Gasteiger partial charge is 0.143 e. The number of rotatable bonds is 4. The van der Waals surface area contributed by atoms with E-state index in [1.165, 1.54) is 0 Å². The summed E-state index contributed by atoms with van der Waals surface area (Å²) in [7, 11) is 1.89. The van der Waals surface area contributed by atoms with Crippen molar-refractivity contribution in [2.24, 2.45) is 7.05 Å². The summed E-state index contributed by atoms with van der Waals surface area (Å²) in [6.07, 6.45) is 3.77. The summed E-state index contributed by atoms with van der Waals surface area (Å²) in [5.74, 6) is 0.737. The monoisotopic (exact) mass is 249 g/mol. The van der Waals surface area contributed by atoms with Gasteiger partial charge in [0.25, 0.3) is 0 Å². The van der Waals surface area contributed by atoms with Crippen molar-refractivity contribution in [3.05, 3.63) is 30.6 Å². The molecule has 0 saturated carbocycles. The van der Waals surface area contributed by atoms with Crippen molar-refractivity contribution in [2.75, 3.05) is 12.3 Å². The van der Waals surface area contributed by atoms with Gasteiger partial charge in [0.15, 0.2) is 0 Å². The first-order valence-corrected chi connectivity index (χ1v) is 6.20. The van der Waals surface area contributed by atoms with Gasteiger partial charge in [0.05, 0.1) is 23.4 Å². The largest absolute Gasteiger partial charge is 0.492 e. The van der Waals surface area contributed by atoms with Crippen LogP contribution < -0.4 is 10.5 Å². The van der Waals surface area contributed by atoms with E-state index in [1.54, 1.807) is 16.4 Å². The normalized spacial score (nSPS) is 10.5. The number of ether oxygens (including phenoxy) is 1. The van der Waals surface area contributed by atoms with Crippen LogP contribution in [0.25, 0.3) is 0 Å². The third kappa shape index (κ3) is 2.74. The molecule has 1 aromatic heterocycles. The lowest BCUT2D eigenvalue weighted by molar-refractivity contribution is 0.341. The molecule has 0 saturated heterocycles. The van der Waals surface area contributed by atoms with Crippen LogP contribution in [-0.4, -0.2) is 16.4 Å². The van der Waals surface area contributed by atoms with Crippen molar-refractivity contribution in [3.8, 4) is 5.75 Å². The Balaban J connectivity index is 2.23. The number of aromatic nitrogens is 2. The second-order valence-corrected chi connectivity index (χ2v) is 4.67. The quantitative estimate of drug-likeness (QED) is 0.846. The van der Waals surface area contributed by atoms with E-state index in [4.69, 9.17) is 10.5 Å². The number of hydrogen-bond acceptors (Lipinski definition) is 4. The number of nitrogens with two attached hydrogens (primary N) is 1. The fourth-order valence-corrected chi connectivity index (χ4v) is 2.39. The maximum absolute atomic E-state index is 6.05. The van der Waals surface area contributed by atoms with Crippen molar-refractivity contribution in [3.63, 3.8) is 0 Å². The van der Waals surface area contributed by atoms with Crippen LogP contribution in [0.15, 0.2) is 40.4 Å². The van der Waals surface area contributed by atoms with Crippen molar-refractivity contribution < 1.29 is 4.74 Å². The van der Waals surface area contributed by atoms with E-state index < -0.39 is 0 Å². The van der Waals surface area contributed by atoms with Crippen LogP contribution in [0.3, 0.4) is 0 Å². The molecular formula is C12H15N3OS. The number of para-hydroxylation sites is 1. The zero-order valence-corrected chi connectivity index (χ0v) is 10.7. The van der Waals surface area contributed by atoms with E-state index >= 15 is 0 Å². The standard InChI is InChI=1S/C12H15N3OS/c1-3-16-10-5-4-6-11(12(10)13)17-9-7-14-15(2)8-9/h4-8H,3,13H2,1-2H3. The van der Waals surface area contributed by atoms with Gasteiger partial charge in [0, 0.05) is 18.1 Å². The molecule has 0 spiro atoms. The minimum atomic E-state index is 0.616. The molecule has 0 aliphatic rings. The van der Waals surface area contributed by atoms with Gasteiger partial charge in [0.1, 0.15) is 5.75 Å². The van der Waals surface area contributed by atoms with Gasteiger partial charge >= 0.3 is 0 Å². The van der Waals surface area contributed by atoms with Gasteiger partial charge in [-0.25, -0.2) is 0 Å².